The lowest BCUT2D eigenvalue weighted by atomic mass is 10.4. The van der Waals surface area contributed by atoms with Crippen LogP contribution in [0, 0.1) is 0 Å². The Bertz CT molecular complexity index is 435. The van der Waals surface area contributed by atoms with Crippen molar-refractivity contribution in [3.8, 4) is 0 Å². The summed E-state index contributed by atoms with van der Waals surface area (Å²) in [6.07, 6.45) is 8.66. The molecule has 6 heteroatoms. The van der Waals surface area contributed by atoms with Gasteiger partial charge in [0.2, 0.25) is 0 Å². The molecule has 0 aliphatic heterocycles. The van der Waals surface area contributed by atoms with Gasteiger partial charge in [-0.05, 0) is 0 Å². The fraction of sp³-hybridized carbons (Fsp3) is 0.222. The van der Waals surface area contributed by atoms with Gasteiger partial charge in [0.05, 0.1) is 0 Å². The second-order valence-corrected chi connectivity index (χ2v) is 2.82. The third kappa shape index (κ3) is 2.07. The van der Waals surface area contributed by atoms with Crippen molar-refractivity contribution in [1.29, 1.82) is 0 Å². The molecule has 0 aromatic carbocycles. The molecule has 15 heavy (non-hydrogen) atoms. The molecule has 80 valence electrons. The zero-order chi connectivity index (χ0) is 9.97. The average Bonchev–Trinajstić information content (AvgIpc) is 2.87. The second-order valence-electron chi connectivity index (χ2n) is 2.82. The van der Waals surface area contributed by atoms with E-state index in [4.69, 9.17) is 0 Å². The molecule has 2 rings (SSSR count). The molecule has 0 saturated heterocycles. The molecule has 0 amide bonds. The van der Waals surface area contributed by atoms with Crippen molar-refractivity contribution in [1.82, 2.24) is 19.1 Å². The zero-order valence-electron chi connectivity index (χ0n) is 8.20. The Balaban J connectivity index is 0.00000112. The smallest absolute Gasteiger partial charge is 0.257 e. The largest absolute Gasteiger partial charge is 0.339 e. The maximum absolute atomic E-state index is 11.8. The minimum atomic E-state index is -0.156. The van der Waals surface area contributed by atoms with E-state index < -0.39 is 0 Å². The molecule has 0 unspecified atom stereocenters. The van der Waals surface area contributed by atoms with Crippen LogP contribution in [0.3, 0.4) is 0 Å². The van der Waals surface area contributed by atoms with E-state index in [1.807, 2.05) is 6.92 Å². The van der Waals surface area contributed by atoms with Gasteiger partial charge < -0.3 is 0 Å². The lowest BCUT2D eigenvalue weighted by molar-refractivity contribution is 0.243. The van der Waals surface area contributed by atoms with E-state index in [-0.39, 0.29) is 18.4 Å². The molecule has 0 N–H and O–H groups in total. The number of imidazole rings is 2. The first-order valence-electron chi connectivity index (χ1n) is 4.38. The summed E-state index contributed by atoms with van der Waals surface area (Å²) in [5, 5.41) is 0. The second kappa shape index (κ2) is 4.75. The van der Waals surface area contributed by atoms with Gasteiger partial charge in [-0.1, -0.05) is 6.92 Å². The lowest BCUT2D eigenvalue weighted by Crippen LogP contribution is -2.19. The van der Waals surface area contributed by atoms with Crippen LogP contribution in [-0.2, 0) is 6.42 Å². The fourth-order valence-corrected chi connectivity index (χ4v) is 1.27. The highest BCUT2D eigenvalue weighted by Crippen LogP contribution is 2.00. The Hall–Kier alpha value is -1.62. The summed E-state index contributed by atoms with van der Waals surface area (Å²) < 4.78 is 2.93. The average molecular weight is 227 g/mol. The highest BCUT2D eigenvalue weighted by molar-refractivity contribution is 5.85. The molecule has 0 atom stereocenters. The third-order valence-corrected chi connectivity index (χ3v) is 1.96. The summed E-state index contributed by atoms with van der Waals surface area (Å²) in [5.41, 5.74) is 0. The first-order valence-corrected chi connectivity index (χ1v) is 4.38. The SMILES string of the molecule is CCc1nccn1C(=O)n1ccnc1.Cl. The number of nitrogens with zero attached hydrogens (tertiary/aromatic N) is 4. The maximum atomic E-state index is 11.8. The number of carbonyl (C=O) groups excluding carboxylic acids is 1. The summed E-state index contributed by atoms with van der Waals surface area (Å²) in [5.74, 6) is 0.753. The van der Waals surface area contributed by atoms with Crippen molar-refractivity contribution >= 4 is 18.4 Å². The zero-order valence-corrected chi connectivity index (χ0v) is 9.02. The van der Waals surface area contributed by atoms with Crippen molar-refractivity contribution in [3.63, 3.8) is 0 Å². The van der Waals surface area contributed by atoms with E-state index in [1.54, 1.807) is 24.8 Å². The van der Waals surface area contributed by atoms with Crippen LogP contribution in [0.5, 0.6) is 0 Å². The first-order chi connectivity index (χ1) is 6.83. The predicted molar refractivity (Wildman–Crippen MR) is 57.3 cm³/mol. The van der Waals surface area contributed by atoms with E-state index in [9.17, 15) is 4.79 Å². The van der Waals surface area contributed by atoms with Gasteiger partial charge in [0, 0.05) is 31.2 Å². The van der Waals surface area contributed by atoms with Gasteiger partial charge in [-0.3, -0.25) is 9.13 Å². The Labute approximate surface area is 93.2 Å². The van der Waals surface area contributed by atoms with Crippen LogP contribution in [0.15, 0.2) is 31.1 Å². The van der Waals surface area contributed by atoms with E-state index in [1.165, 1.54) is 15.5 Å². The van der Waals surface area contributed by atoms with Gasteiger partial charge in [0.1, 0.15) is 12.2 Å². The summed E-state index contributed by atoms with van der Waals surface area (Å²) >= 11 is 0. The molecule has 0 spiro atoms. The van der Waals surface area contributed by atoms with Crippen LogP contribution >= 0.6 is 12.4 Å². The van der Waals surface area contributed by atoms with Gasteiger partial charge in [-0.15, -0.1) is 12.4 Å². The maximum Gasteiger partial charge on any atom is 0.339 e. The summed E-state index contributed by atoms with van der Waals surface area (Å²) in [4.78, 5) is 19.7. The van der Waals surface area contributed by atoms with E-state index in [0.717, 1.165) is 12.2 Å². The molecule has 0 bridgehead atoms. The van der Waals surface area contributed by atoms with Crippen LogP contribution in [0.4, 0.5) is 4.79 Å². The van der Waals surface area contributed by atoms with Crippen molar-refractivity contribution in [2.24, 2.45) is 0 Å². The summed E-state index contributed by atoms with van der Waals surface area (Å²) in [7, 11) is 0. The monoisotopic (exact) mass is 226 g/mol. The number of hydrogen-bond acceptors (Lipinski definition) is 3. The molecular weight excluding hydrogens is 216 g/mol. The normalized spacial score (nSPS) is 9.67. The number of halogens is 1. The molecule has 0 saturated carbocycles. The van der Waals surface area contributed by atoms with Crippen LogP contribution < -0.4 is 0 Å². The molecule has 0 radical (unpaired) electrons. The van der Waals surface area contributed by atoms with Crippen LogP contribution in [-0.4, -0.2) is 25.1 Å². The van der Waals surface area contributed by atoms with E-state index in [2.05, 4.69) is 9.97 Å². The third-order valence-electron chi connectivity index (χ3n) is 1.96. The molecular formula is C9H11ClN4O. The Morgan fingerprint density at radius 2 is 2.20 bits per heavy atom. The van der Waals surface area contributed by atoms with Gasteiger partial charge >= 0.3 is 6.03 Å². The quantitative estimate of drug-likeness (QED) is 0.742. The standard InChI is InChI=1S/C9H10N4O.ClH/c1-2-8-11-4-6-13(8)9(14)12-5-3-10-7-12;/h3-7H,2H2,1H3;1H. The van der Waals surface area contributed by atoms with Crippen LogP contribution in [0.25, 0.3) is 0 Å². The predicted octanol–water partition coefficient (Wildman–Crippen LogP) is 1.58. The number of aryl methyl sites for hydroxylation is 1. The molecule has 2 heterocycles. The van der Waals surface area contributed by atoms with Crippen molar-refractivity contribution in [3.05, 3.63) is 36.9 Å². The number of aromatic nitrogens is 4. The molecule has 5 nitrogen and oxygen atoms in total. The highest BCUT2D eigenvalue weighted by atomic mass is 35.5. The van der Waals surface area contributed by atoms with Gasteiger partial charge in [-0.2, -0.15) is 0 Å². The van der Waals surface area contributed by atoms with Gasteiger partial charge in [0.25, 0.3) is 0 Å². The van der Waals surface area contributed by atoms with Gasteiger partial charge in [-0.25, -0.2) is 14.8 Å². The van der Waals surface area contributed by atoms with E-state index >= 15 is 0 Å². The van der Waals surface area contributed by atoms with Gasteiger partial charge in [0.15, 0.2) is 0 Å². The summed E-state index contributed by atoms with van der Waals surface area (Å²) in [6.45, 7) is 1.96. The molecule has 0 aliphatic carbocycles. The molecule has 2 aromatic rings. The molecule has 0 aliphatic rings. The number of carbonyl (C=O) groups is 1. The fourth-order valence-electron chi connectivity index (χ4n) is 1.27. The highest BCUT2D eigenvalue weighted by Gasteiger charge is 2.09. The first kappa shape index (κ1) is 11.5. The minimum Gasteiger partial charge on any atom is -0.257 e. The van der Waals surface area contributed by atoms with Crippen molar-refractivity contribution in [2.75, 3.05) is 0 Å². The molecule has 2 aromatic heterocycles. The number of hydrogen-bond donors (Lipinski definition) is 0. The van der Waals surface area contributed by atoms with Crippen molar-refractivity contribution < 1.29 is 4.79 Å². The van der Waals surface area contributed by atoms with E-state index in [0.29, 0.717) is 0 Å². The Morgan fingerprint density at radius 1 is 1.40 bits per heavy atom. The lowest BCUT2D eigenvalue weighted by Gasteiger charge is -2.03. The number of rotatable bonds is 1. The molecule has 0 fully saturated rings. The summed E-state index contributed by atoms with van der Waals surface area (Å²) in [6, 6.07) is -0.156. The van der Waals surface area contributed by atoms with Crippen LogP contribution in [0.1, 0.15) is 12.7 Å². The minimum absolute atomic E-state index is 0. The Kier molecular flexibility index (Phi) is 3.62. The van der Waals surface area contributed by atoms with Crippen molar-refractivity contribution in [2.45, 2.75) is 13.3 Å². The Morgan fingerprint density at radius 3 is 2.80 bits per heavy atom. The topological polar surface area (TPSA) is 52.7 Å². The van der Waals surface area contributed by atoms with Crippen LogP contribution in [0.2, 0.25) is 0 Å².